The van der Waals surface area contributed by atoms with Gasteiger partial charge in [-0.1, -0.05) is 15.9 Å². The van der Waals surface area contributed by atoms with E-state index >= 15 is 0 Å². The quantitative estimate of drug-likeness (QED) is 0.717. The van der Waals surface area contributed by atoms with Crippen molar-refractivity contribution < 1.29 is 0 Å². The summed E-state index contributed by atoms with van der Waals surface area (Å²) in [6.45, 7) is 2.02. The Hall–Kier alpha value is 0.590. The lowest BCUT2D eigenvalue weighted by molar-refractivity contribution is 1.22. The zero-order chi connectivity index (χ0) is 5.98. The van der Waals surface area contributed by atoms with Gasteiger partial charge in [0.05, 0.1) is 11.2 Å². The fraction of sp³-hybridized carbons (Fsp3) is 0.400. The first-order chi connectivity index (χ1) is 3.84. The number of halogens is 2. The summed E-state index contributed by atoms with van der Waals surface area (Å²) in [7, 11) is 0. The smallest absolute Gasteiger partial charge is 0.0797 e. The van der Waals surface area contributed by atoms with Crippen LogP contribution < -0.4 is 0 Å². The van der Waals surface area contributed by atoms with E-state index in [2.05, 4.69) is 20.9 Å². The molecule has 1 aromatic heterocycles. The lowest BCUT2D eigenvalue weighted by atomic mass is 10.4. The van der Waals surface area contributed by atoms with E-state index in [0.29, 0.717) is 0 Å². The van der Waals surface area contributed by atoms with E-state index in [-0.39, 0.29) is 17.0 Å². The Morgan fingerprint density at radius 1 is 1.78 bits per heavy atom. The molecule has 0 aliphatic rings. The summed E-state index contributed by atoms with van der Waals surface area (Å²) in [5, 5.41) is 0.934. The Morgan fingerprint density at radius 3 is 2.67 bits per heavy atom. The first kappa shape index (κ1) is 9.59. The predicted octanol–water partition coefficient (Wildman–Crippen LogP) is 2.92. The fourth-order valence-electron chi connectivity index (χ4n) is 0.454. The highest BCUT2D eigenvalue weighted by molar-refractivity contribution is 9.08. The Kier molecular flexibility index (Phi) is 4.70. The molecule has 0 radical (unpaired) electrons. The summed E-state index contributed by atoms with van der Waals surface area (Å²) < 4.78 is 0. The summed E-state index contributed by atoms with van der Waals surface area (Å²) in [6, 6.07) is 0. The number of hydrogen-bond acceptors (Lipinski definition) is 2. The van der Waals surface area contributed by atoms with Gasteiger partial charge in [0.15, 0.2) is 0 Å². The van der Waals surface area contributed by atoms with Crippen molar-refractivity contribution in [2.45, 2.75) is 12.3 Å². The van der Waals surface area contributed by atoms with Gasteiger partial charge in [0.25, 0.3) is 0 Å². The van der Waals surface area contributed by atoms with Crippen molar-refractivity contribution in [3.63, 3.8) is 0 Å². The van der Waals surface area contributed by atoms with Crippen LogP contribution in [-0.2, 0) is 5.33 Å². The molecule has 1 heterocycles. The second-order valence-electron chi connectivity index (χ2n) is 1.49. The highest BCUT2D eigenvalue weighted by atomic mass is 79.9. The van der Waals surface area contributed by atoms with Crippen LogP contribution in [0.4, 0.5) is 0 Å². The Balaban J connectivity index is 0.000000640. The molecule has 4 heteroatoms. The molecular weight excluding hydrogens is 266 g/mol. The largest absolute Gasteiger partial charge is 0.250 e. The minimum atomic E-state index is 0. The maximum absolute atomic E-state index is 4.08. The van der Waals surface area contributed by atoms with Crippen molar-refractivity contribution >= 4 is 44.2 Å². The average molecular weight is 273 g/mol. The van der Waals surface area contributed by atoms with E-state index in [4.69, 9.17) is 0 Å². The highest BCUT2D eigenvalue weighted by Crippen LogP contribution is 2.14. The van der Waals surface area contributed by atoms with Gasteiger partial charge in [0, 0.05) is 10.2 Å². The average Bonchev–Trinajstić information content (AvgIpc) is 2.14. The summed E-state index contributed by atoms with van der Waals surface area (Å²) >= 11 is 5.05. The standard InChI is InChI=1S/C5H6BrNS.BrH/c1-4-5(2-6)8-3-7-4;/h3H,2H2,1H3;1H. The van der Waals surface area contributed by atoms with Crippen LogP contribution in [0.3, 0.4) is 0 Å². The molecule has 0 N–H and O–H groups in total. The first-order valence-electron chi connectivity index (χ1n) is 2.29. The molecule has 0 saturated carbocycles. The van der Waals surface area contributed by atoms with Crippen molar-refractivity contribution in [3.8, 4) is 0 Å². The van der Waals surface area contributed by atoms with E-state index in [1.165, 1.54) is 4.88 Å². The van der Waals surface area contributed by atoms with E-state index in [0.717, 1.165) is 11.0 Å². The molecule has 0 fully saturated rings. The van der Waals surface area contributed by atoms with Gasteiger partial charge in [-0.3, -0.25) is 0 Å². The number of aryl methyl sites for hydroxylation is 1. The minimum absolute atomic E-state index is 0. The number of hydrogen-bond donors (Lipinski definition) is 0. The van der Waals surface area contributed by atoms with Gasteiger partial charge in [0.1, 0.15) is 0 Å². The van der Waals surface area contributed by atoms with Crippen LogP contribution >= 0.6 is 44.2 Å². The second-order valence-corrected chi connectivity index (χ2v) is 2.99. The molecule has 0 spiro atoms. The maximum Gasteiger partial charge on any atom is 0.0797 e. The fourth-order valence-corrected chi connectivity index (χ4v) is 1.88. The SMILES string of the molecule is Br.Cc1ncsc1CBr. The number of rotatable bonds is 1. The lowest BCUT2D eigenvalue weighted by Gasteiger charge is -1.84. The van der Waals surface area contributed by atoms with Gasteiger partial charge in [0.2, 0.25) is 0 Å². The number of aromatic nitrogens is 1. The molecule has 52 valence electrons. The zero-order valence-electron chi connectivity index (χ0n) is 4.93. The van der Waals surface area contributed by atoms with Crippen molar-refractivity contribution in [3.05, 3.63) is 16.1 Å². The molecule has 1 nitrogen and oxygen atoms in total. The molecule has 1 aromatic rings. The van der Waals surface area contributed by atoms with E-state index < -0.39 is 0 Å². The third-order valence-corrected chi connectivity index (χ3v) is 2.83. The molecule has 0 bridgehead atoms. The van der Waals surface area contributed by atoms with E-state index in [1.54, 1.807) is 11.3 Å². The van der Waals surface area contributed by atoms with E-state index in [1.807, 2.05) is 12.4 Å². The van der Waals surface area contributed by atoms with Crippen LogP contribution in [0.1, 0.15) is 10.6 Å². The van der Waals surface area contributed by atoms with Crippen LogP contribution in [0, 0.1) is 6.92 Å². The molecule has 0 aliphatic heterocycles. The Labute approximate surface area is 77.4 Å². The molecular formula is C5H7Br2NS. The second kappa shape index (κ2) is 4.41. The summed E-state index contributed by atoms with van der Waals surface area (Å²) in [4.78, 5) is 5.40. The highest BCUT2D eigenvalue weighted by Gasteiger charge is 1.95. The van der Waals surface area contributed by atoms with Crippen molar-refractivity contribution in [2.75, 3.05) is 0 Å². The van der Waals surface area contributed by atoms with Crippen LogP contribution in [0.25, 0.3) is 0 Å². The third kappa shape index (κ3) is 2.35. The monoisotopic (exact) mass is 271 g/mol. The topological polar surface area (TPSA) is 12.9 Å². The third-order valence-electron chi connectivity index (χ3n) is 0.966. The molecule has 0 aromatic carbocycles. The van der Waals surface area contributed by atoms with Crippen LogP contribution in [0.5, 0.6) is 0 Å². The number of nitrogens with zero attached hydrogens (tertiary/aromatic N) is 1. The maximum atomic E-state index is 4.08. The molecule has 1 rings (SSSR count). The lowest BCUT2D eigenvalue weighted by Crippen LogP contribution is -1.73. The van der Waals surface area contributed by atoms with Crippen LogP contribution in [0.2, 0.25) is 0 Å². The van der Waals surface area contributed by atoms with Gasteiger partial charge in [-0.15, -0.1) is 28.3 Å². The molecule has 0 saturated heterocycles. The normalized spacial score (nSPS) is 8.67. The molecule has 9 heavy (non-hydrogen) atoms. The van der Waals surface area contributed by atoms with E-state index in [9.17, 15) is 0 Å². The number of thiazole rings is 1. The van der Waals surface area contributed by atoms with Crippen LogP contribution in [-0.4, -0.2) is 4.98 Å². The first-order valence-corrected chi connectivity index (χ1v) is 4.29. The van der Waals surface area contributed by atoms with Gasteiger partial charge in [-0.2, -0.15) is 0 Å². The van der Waals surface area contributed by atoms with Gasteiger partial charge in [-0.25, -0.2) is 4.98 Å². The van der Waals surface area contributed by atoms with Gasteiger partial charge >= 0.3 is 0 Å². The minimum Gasteiger partial charge on any atom is -0.250 e. The Morgan fingerprint density at radius 2 is 2.44 bits per heavy atom. The summed E-state index contributed by atoms with van der Waals surface area (Å²) in [5.41, 5.74) is 3.01. The molecule has 0 atom stereocenters. The van der Waals surface area contributed by atoms with Crippen LogP contribution in [0.15, 0.2) is 5.51 Å². The molecule has 0 amide bonds. The van der Waals surface area contributed by atoms with Crippen molar-refractivity contribution in [1.29, 1.82) is 0 Å². The molecule has 0 aliphatic carbocycles. The molecule has 0 unspecified atom stereocenters. The Bertz CT molecular complexity index is 175. The van der Waals surface area contributed by atoms with Gasteiger partial charge < -0.3 is 0 Å². The van der Waals surface area contributed by atoms with Crippen molar-refractivity contribution in [2.24, 2.45) is 0 Å². The van der Waals surface area contributed by atoms with Gasteiger partial charge in [-0.05, 0) is 6.92 Å². The summed E-state index contributed by atoms with van der Waals surface area (Å²) in [6.07, 6.45) is 0. The summed E-state index contributed by atoms with van der Waals surface area (Å²) in [5.74, 6) is 0. The number of alkyl halides is 1. The zero-order valence-corrected chi connectivity index (χ0v) is 9.04. The van der Waals surface area contributed by atoms with Crippen molar-refractivity contribution in [1.82, 2.24) is 4.98 Å². The predicted molar refractivity (Wildman–Crippen MR) is 49.8 cm³/mol.